The van der Waals surface area contributed by atoms with Crippen molar-refractivity contribution in [1.82, 2.24) is 4.98 Å². The van der Waals surface area contributed by atoms with Gasteiger partial charge in [-0.15, -0.1) is 0 Å². The second-order valence-electron chi connectivity index (χ2n) is 3.23. The number of halogens is 1. The molecule has 0 radical (unpaired) electrons. The molecule has 1 aromatic rings. The van der Waals surface area contributed by atoms with Crippen molar-refractivity contribution in [2.24, 2.45) is 5.92 Å². The first kappa shape index (κ1) is 13.0. The van der Waals surface area contributed by atoms with Gasteiger partial charge in [0.05, 0.1) is 5.69 Å². The molecule has 0 bridgehead atoms. The van der Waals surface area contributed by atoms with E-state index in [1.807, 2.05) is 20.1 Å². The quantitative estimate of drug-likeness (QED) is 0.929. The summed E-state index contributed by atoms with van der Waals surface area (Å²) in [5.41, 5.74) is 0.858. The van der Waals surface area contributed by atoms with Crippen molar-refractivity contribution in [3.8, 4) is 0 Å². The molecule has 0 aromatic carbocycles. The van der Waals surface area contributed by atoms with Crippen molar-refractivity contribution in [3.05, 3.63) is 9.61 Å². The van der Waals surface area contributed by atoms with Crippen LogP contribution in [0.3, 0.4) is 0 Å². The number of anilines is 1. The fraction of sp³-hybridized carbons (Fsp3) is 0.556. The average Bonchev–Trinajstić information content (AvgIpc) is 2.45. The third-order valence-electron chi connectivity index (χ3n) is 1.87. The molecule has 0 saturated heterocycles. The maximum absolute atomic E-state index is 11.7. The first-order chi connectivity index (χ1) is 7.04. The highest BCUT2D eigenvalue weighted by atomic mass is 79.9. The van der Waals surface area contributed by atoms with Crippen LogP contribution in [0.4, 0.5) is 5.00 Å². The van der Waals surface area contributed by atoms with Crippen molar-refractivity contribution < 1.29 is 4.79 Å². The van der Waals surface area contributed by atoms with Crippen molar-refractivity contribution in [1.29, 1.82) is 0 Å². The molecule has 3 nitrogen and oxygen atoms in total. The maximum atomic E-state index is 11.7. The number of carbonyl (C=O) groups excluding carboxylic acids is 1. The lowest BCUT2D eigenvalue weighted by atomic mass is 10.2. The van der Waals surface area contributed by atoms with E-state index in [1.165, 1.54) is 11.3 Å². The van der Waals surface area contributed by atoms with E-state index in [0.29, 0.717) is 0 Å². The monoisotopic (exact) mass is 308 g/mol. The summed E-state index contributed by atoms with van der Waals surface area (Å²) in [6.07, 6.45) is 2.00. The number of rotatable bonds is 4. The highest BCUT2D eigenvalue weighted by molar-refractivity contribution is 9.11. The lowest BCUT2D eigenvalue weighted by Gasteiger charge is -2.09. The molecule has 1 rings (SSSR count). The third kappa shape index (κ3) is 3.77. The molecule has 0 aliphatic carbocycles. The number of amides is 1. The Morgan fingerprint density at radius 1 is 1.73 bits per heavy atom. The molecule has 1 aromatic heterocycles. The zero-order valence-corrected chi connectivity index (χ0v) is 12.1. The molecule has 0 spiro atoms. The average molecular weight is 309 g/mol. The molecule has 0 saturated carbocycles. The lowest BCUT2D eigenvalue weighted by molar-refractivity contribution is -0.118. The third-order valence-corrected chi connectivity index (χ3v) is 4.23. The van der Waals surface area contributed by atoms with Crippen LogP contribution in [-0.2, 0) is 4.79 Å². The molecular formula is C9H13BrN2OS2. The van der Waals surface area contributed by atoms with Gasteiger partial charge >= 0.3 is 0 Å². The van der Waals surface area contributed by atoms with Gasteiger partial charge in [-0.05, 0) is 29.1 Å². The Labute approximate surface area is 106 Å². The van der Waals surface area contributed by atoms with Crippen molar-refractivity contribution in [3.63, 3.8) is 0 Å². The van der Waals surface area contributed by atoms with Gasteiger partial charge in [0, 0.05) is 11.7 Å². The van der Waals surface area contributed by atoms with Gasteiger partial charge in [0.2, 0.25) is 5.91 Å². The van der Waals surface area contributed by atoms with Crippen LogP contribution in [-0.4, -0.2) is 22.9 Å². The minimum atomic E-state index is 0.0280. The number of aromatic nitrogens is 1. The number of thiazole rings is 1. The van der Waals surface area contributed by atoms with Gasteiger partial charge in [0.25, 0.3) is 0 Å². The smallest absolute Gasteiger partial charge is 0.228 e. The summed E-state index contributed by atoms with van der Waals surface area (Å²) in [4.78, 5) is 15.9. The molecule has 1 heterocycles. The molecule has 0 fully saturated rings. The molecule has 1 atom stereocenters. The standard InChI is InChI=1S/C9H13BrN2OS2/c1-5(4-14-3)7(13)12-8-6(2)11-9(10)15-8/h5H,4H2,1-3H3,(H,12,13). The topological polar surface area (TPSA) is 42.0 Å². The van der Waals surface area contributed by atoms with Crippen LogP contribution in [0, 0.1) is 12.8 Å². The summed E-state index contributed by atoms with van der Waals surface area (Å²) in [7, 11) is 0. The second kappa shape index (κ2) is 5.86. The summed E-state index contributed by atoms with van der Waals surface area (Å²) in [6.45, 7) is 3.81. The van der Waals surface area contributed by atoms with E-state index in [4.69, 9.17) is 0 Å². The van der Waals surface area contributed by atoms with Gasteiger partial charge < -0.3 is 5.32 Å². The van der Waals surface area contributed by atoms with Crippen molar-refractivity contribution in [2.45, 2.75) is 13.8 Å². The lowest BCUT2D eigenvalue weighted by Crippen LogP contribution is -2.21. The minimum Gasteiger partial charge on any atom is -0.316 e. The van der Waals surface area contributed by atoms with Gasteiger partial charge in [-0.25, -0.2) is 4.98 Å². The Kier molecular flexibility index (Phi) is 5.08. The molecule has 15 heavy (non-hydrogen) atoms. The normalized spacial score (nSPS) is 12.5. The number of thioether (sulfide) groups is 1. The van der Waals surface area contributed by atoms with E-state index >= 15 is 0 Å². The second-order valence-corrected chi connectivity index (χ2v) is 6.41. The van der Waals surface area contributed by atoms with Crippen LogP contribution in [0.25, 0.3) is 0 Å². The van der Waals surface area contributed by atoms with Crippen LogP contribution < -0.4 is 5.32 Å². The van der Waals surface area contributed by atoms with E-state index in [2.05, 4.69) is 26.2 Å². The number of nitrogens with zero attached hydrogens (tertiary/aromatic N) is 1. The van der Waals surface area contributed by atoms with Crippen LogP contribution in [0.5, 0.6) is 0 Å². The molecule has 84 valence electrons. The summed E-state index contributed by atoms with van der Waals surface area (Å²) < 4.78 is 0.799. The van der Waals surface area contributed by atoms with Gasteiger partial charge in [0.15, 0.2) is 3.92 Å². The van der Waals surface area contributed by atoms with Crippen LogP contribution in [0.15, 0.2) is 3.92 Å². The molecule has 6 heteroatoms. The summed E-state index contributed by atoms with van der Waals surface area (Å²) in [6, 6.07) is 0. The zero-order chi connectivity index (χ0) is 11.4. The summed E-state index contributed by atoms with van der Waals surface area (Å²) in [5.74, 6) is 0.925. The predicted molar refractivity (Wildman–Crippen MR) is 70.7 cm³/mol. The van der Waals surface area contributed by atoms with E-state index < -0.39 is 0 Å². The first-order valence-corrected chi connectivity index (χ1v) is 7.47. The Morgan fingerprint density at radius 2 is 2.40 bits per heavy atom. The summed E-state index contributed by atoms with van der Waals surface area (Å²) in [5, 5.41) is 3.72. The van der Waals surface area contributed by atoms with Crippen molar-refractivity contribution in [2.75, 3.05) is 17.3 Å². The Hall–Kier alpha value is -0.0700. The molecule has 1 amide bonds. The van der Waals surface area contributed by atoms with Gasteiger partial charge in [0.1, 0.15) is 5.00 Å². The molecule has 1 N–H and O–H groups in total. The van der Waals surface area contributed by atoms with E-state index in [1.54, 1.807) is 11.8 Å². The van der Waals surface area contributed by atoms with Gasteiger partial charge in [-0.2, -0.15) is 11.8 Å². The van der Waals surface area contributed by atoms with E-state index in [9.17, 15) is 4.79 Å². The largest absolute Gasteiger partial charge is 0.316 e. The number of nitrogens with one attached hydrogen (secondary N) is 1. The van der Waals surface area contributed by atoms with Crippen LogP contribution in [0.2, 0.25) is 0 Å². The van der Waals surface area contributed by atoms with Crippen molar-refractivity contribution >= 4 is 49.9 Å². The number of hydrogen-bond donors (Lipinski definition) is 1. The SMILES string of the molecule is CSCC(C)C(=O)Nc1sc(Br)nc1C. The molecular weight excluding hydrogens is 296 g/mol. The summed E-state index contributed by atoms with van der Waals surface area (Å²) >= 11 is 6.41. The Bertz CT molecular complexity index is 354. The molecule has 1 unspecified atom stereocenters. The zero-order valence-electron chi connectivity index (χ0n) is 8.83. The first-order valence-electron chi connectivity index (χ1n) is 4.47. The molecule has 0 aliphatic rings. The van der Waals surface area contributed by atoms with Gasteiger partial charge in [-0.1, -0.05) is 18.3 Å². The fourth-order valence-corrected chi connectivity index (χ4v) is 3.14. The predicted octanol–water partition coefficient (Wildman–Crippen LogP) is 3.15. The van der Waals surface area contributed by atoms with E-state index in [-0.39, 0.29) is 11.8 Å². The fourth-order valence-electron chi connectivity index (χ4n) is 1.04. The number of aryl methyl sites for hydroxylation is 1. The number of carbonyl (C=O) groups is 1. The Morgan fingerprint density at radius 3 is 2.87 bits per heavy atom. The highest BCUT2D eigenvalue weighted by Gasteiger charge is 2.15. The molecule has 0 aliphatic heterocycles. The van der Waals surface area contributed by atoms with Crippen LogP contribution >= 0.6 is 39.0 Å². The Balaban J connectivity index is 2.62. The maximum Gasteiger partial charge on any atom is 0.228 e. The minimum absolute atomic E-state index is 0.0280. The van der Waals surface area contributed by atoms with Gasteiger partial charge in [-0.3, -0.25) is 4.79 Å². The van der Waals surface area contributed by atoms with Crippen LogP contribution in [0.1, 0.15) is 12.6 Å². The number of hydrogen-bond acceptors (Lipinski definition) is 4. The van der Waals surface area contributed by atoms with E-state index in [0.717, 1.165) is 20.4 Å². The highest BCUT2D eigenvalue weighted by Crippen LogP contribution is 2.28.